The van der Waals surface area contributed by atoms with Crippen LogP contribution in [0.2, 0.25) is 0 Å². The zero-order chi connectivity index (χ0) is 31.7. The van der Waals surface area contributed by atoms with E-state index in [1.54, 1.807) is 0 Å². The molecule has 2 heterocycles. The summed E-state index contributed by atoms with van der Waals surface area (Å²) >= 11 is 0. The lowest BCUT2D eigenvalue weighted by Crippen LogP contribution is -2.49. The number of hydrogen-bond donors (Lipinski definition) is 1. The van der Waals surface area contributed by atoms with Crippen molar-refractivity contribution in [2.24, 2.45) is 7.05 Å². The summed E-state index contributed by atoms with van der Waals surface area (Å²) in [6, 6.07) is 4.84. The molecule has 1 aliphatic heterocycles. The second-order valence-electron chi connectivity index (χ2n) is 10.4. The number of aryl methyl sites for hydroxylation is 1. The Labute approximate surface area is 241 Å². The fourth-order valence-electron chi connectivity index (χ4n) is 5.07. The zero-order valence-corrected chi connectivity index (χ0v) is 23.4. The van der Waals surface area contributed by atoms with Crippen molar-refractivity contribution in [2.45, 2.75) is 57.7 Å². The highest BCUT2D eigenvalue weighted by Gasteiger charge is 2.37. The molecule has 0 bridgehead atoms. The maximum atomic E-state index is 14.4. The molecule has 1 saturated heterocycles. The van der Waals surface area contributed by atoms with Gasteiger partial charge >= 0.3 is 12.4 Å². The van der Waals surface area contributed by atoms with E-state index < -0.39 is 42.0 Å². The van der Waals surface area contributed by atoms with E-state index in [1.807, 2.05) is 11.8 Å². The summed E-state index contributed by atoms with van der Waals surface area (Å²) in [5.74, 6) is -3.60. The van der Waals surface area contributed by atoms with Gasteiger partial charge in [-0.1, -0.05) is 24.2 Å². The highest BCUT2D eigenvalue weighted by atomic mass is 19.4. The van der Waals surface area contributed by atoms with Crippen molar-refractivity contribution in [1.29, 1.82) is 0 Å². The minimum absolute atomic E-state index is 0.0277. The minimum Gasteiger partial charge on any atom is -0.354 e. The summed E-state index contributed by atoms with van der Waals surface area (Å²) in [4.78, 5) is 16.3. The molecule has 4 rings (SSSR count). The first-order valence-electron chi connectivity index (χ1n) is 13.2. The Morgan fingerprint density at radius 3 is 2.12 bits per heavy atom. The molecule has 2 aromatic carbocycles. The molecule has 0 aliphatic carbocycles. The lowest BCUT2D eigenvalue weighted by molar-refractivity contribution is -0.143. The van der Waals surface area contributed by atoms with Gasteiger partial charge in [0.25, 0.3) is 11.9 Å². The number of amides is 1. The molecule has 8 nitrogen and oxygen atoms in total. The van der Waals surface area contributed by atoms with Crippen LogP contribution in [0.15, 0.2) is 36.4 Å². The molecular weight excluding hydrogens is 590 g/mol. The number of piperazine rings is 1. The quantitative estimate of drug-likeness (QED) is 0.321. The van der Waals surface area contributed by atoms with Gasteiger partial charge in [0.15, 0.2) is 0 Å². The standard InChI is InChI=1S/C27H29F8N7O/c1-4-22(41-8-7-36-23(43)15-41)21-6-5-18(25(2,28)29)11-17(21)14-42(24-37-39-40(3)38-24)13-16-9-19(26(30,31)32)12-20(10-16)27(33,34)35/h5-6,9-12,22H,4,7-8,13-15H2,1-3H3,(H,36,43). The van der Waals surface area contributed by atoms with Gasteiger partial charge in [-0.15, -0.1) is 5.10 Å². The van der Waals surface area contributed by atoms with E-state index in [2.05, 4.69) is 20.7 Å². The Kier molecular flexibility index (Phi) is 9.00. The number of aromatic nitrogens is 4. The summed E-state index contributed by atoms with van der Waals surface area (Å²) in [6.07, 6.45) is -9.64. The van der Waals surface area contributed by atoms with Gasteiger partial charge < -0.3 is 10.2 Å². The van der Waals surface area contributed by atoms with E-state index in [-0.39, 0.29) is 42.1 Å². The second kappa shape index (κ2) is 12.1. The number of rotatable bonds is 9. The number of anilines is 1. The first-order chi connectivity index (χ1) is 20.0. The van der Waals surface area contributed by atoms with E-state index in [4.69, 9.17) is 0 Å². The van der Waals surface area contributed by atoms with Crippen molar-refractivity contribution in [3.05, 3.63) is 69.8 Å². The van der Waals surface area contributed by atoms with E-state index >= 15 is 0 Å². The number of alkyl halides is 8. The molecule has 0 spiro atoms. The Morgan fingerprint density at radius 1 is 0.953 bits per heavy atom. The molecule has 234 valence electrons. The van der Waals surface area contributed by atoms with Crippen LogP contribution in [-0.2, 0) is 43.2 Å². The van der Waals surface area contributed by atoms with Crippen LogP contribution in [0.4, 0.5) is 41.1 Å². The zero-order valence-electron chi connectivity index (χ0n) is 23.4. The molecule has 1 amide bonds. The number of tetrazole rings is 1. The number of benzene rings is 2. The molecule has 16 heteroatoms. The minimum atomic E-state index is -5.06. The third kappa shape index (κ3) is 7.77. The molecule has 0 radical (unpaired) electrons. The lowest BCUT2D eigenvalue weighted by Gasteiger charge is -2.36. The van der Waals surface area contributed by atoms with Crippen molar-refractivity contribution in [3.63, 3.8) is 0 Å². The molecule has 1 aliphatic rings. The summed E-state index contributed by atoms with van der Waals surface area (Å²) in [7, 11) is 1.42. The van der Waals surface area contributed by atoms with Gasteiger partial charge in [0, 0.05) is 44.7 Å². The van der Waals surface area contributed by atoms with Crippen LogP contribution in [0.3, 0.4) is 0 Å². The summed E-state index contributed by atoms with van der Waals surface area (Å²) in [5.41, 5.74) is -2.80. The van der Waals surface area contributed by atoms with Gasteiger partial charge in [0.05, 0.1) is 24.7 Å². The average Bonchev–Trinajstić information content (AvgIpc) is 3.34. The van der Waals surface area contributed by atoms with Gasteiger partial charge in [0.2, 0.25) is 5.91 Å². The lowest BCUT2D eigenvalue weighted by atomic mass is 9.93. The third-order valence-electron chi connectivity index (χ3n) is 7.07. The predicted octanol–water partition coefficient (Wildman–Crippen LogP) is 5.45. The second-order valence-corrected chi connectivity index (χ2v) is 10.4. The van der Waals surface area contributed by atoms with Crippen LogP contribution >= 0.6 is 0 Å². The van der Waals surface area contributed by atoms with E-state index in [0.29, 0.717) is 49.7 Å². The first-order valence-corrected chi connectivity index (χ1v) is 13.2. The van der Waals surface area contributed by atoms with Gasteiger partial charge in [0.1, 0.15) is 0 Å². The third-order valence-corrected chi connectivity index (χ3v) is 7.07. The van der Waals surface area contributed by atoms with Crippen LogP contribution in [0.25, 0.3) is 0 Å². The highest BCUT2D eigenvalue weighted by molar-refractivity contribution is 5.78. The maximum absolute atomic E-state index is 14.4. The van der Waals surface area contributed by atoms with Crippen LogP contribution in [0.5, 0.6) is 0 Å². The molecule has 1 fully saturated rings. The number of halogens is 8. The average molecular weight is 620 g/mol. The Morgan fingerprint density at radius 2 is 1.60 bits per heavy atom. The Hall–Kier alpha value is -3.82. The van der Waals surface area contributed by atoms with Crippen molar-refractivity contribution in [3.8, 4) is 0 Å². The summed E-state index contributed by atoms with van der Waals surface area (Å²) < 4.78 is 110. The molecule has 43 heavy (non-hydrogen) atoms. The number of nitrogens with zero attached hydrogens (tertiary/aromatic N) is 6. The SMILES string of the molecule is CCC(c1ccc(C(C)(F)F)cc1CN(Cc1cc(C(F)(F)F)cc(C(F)(F)F)c1)c1nnn(C)n1)N1CCNC(=O)C1. The Bertz CT molecular complexity index is 1420. The van der Waals surface area contributed by atoms with Crippen molar-refractivity contribution >= 4 is 11.9 Å². The molecule has 1 N–H and O–H groups in total. The molecule has 3 aromatic rings. The molecule has 0 saturated carbocycles. The predicted molar refractivity (Wildman–Crippen MR) is 139 cm³/mol. The molecular formula is C27H29F8N7O. The van der Waals surface area contributed by atoms with E-state index in [9.17, 15) is 39.9 Å². The van der Waals surface area contributed by atoms with E-state index in [0.717, 1.165) is 4.80 Å². The van der Waals surface area contributed by atoms with Crippen molar-refractivity contribution in [2.75, 3.05) is 24.5 Å². The number of hydrogen-bond acceptors (Lipinski definition) is 6. The summed E-state index contributed by atoms with van der Waals surface area (Å²) in [5, 5.41) is 14.4. The van der Waals surface area contributed by atoms with Crippen LogP contribution in [0, 0.1) is 0 Å². The molecule has 1 unspecified atom stereocenters. The Balaban J connectivity index is 1.82. The number of nitrogens with one attached hydrogen (secondary N) is 1. The smallest absolute Gasteiger partial charge is 0.354 e. The van der Waals surface area contributed by atoms with Crippen molar-refractivity contribution in [1.82, 2.24) is 30.4 Å². The molecule has 1 atom stereocenters. The van der Waals surface area contributed by atoms with Gasteiger partial charge in [-0.25, -0.2) is 8.78 Å². The van der Waals surface area contributed by atoms with Crippen molar-refractivity contribution < 1.29 is 39.9 Å². The largest absolute Gasteiger partial charge is 0.416 e. The van der Waals surface area contributed by atoms with Crippen LogP contribution in [-0.4, -0.2) is 50.6 Å². The first kappa shape index (κ1) is 32.1. The number of carbonyl (C=O) groups is 1. The fraction of sp³-hybridized carbons (Fsp3) is 0.481. The van der Waals surface area contributed by atoms with Crippen LogP contribution in [0.1, 0.15) is 59.7 Å². The van der Waals surface area contributed by atoms with Gasteiger partial charge in [-0.05, 0) is 52.6 Å². The fourth-order valence-corrected chi connectivity index (χ4v) is 5.07. The van der Waals surface area contributed by atoms with Gasteiger partial charge in [-0.3, -0.25) is 9.69 Å². The monoisotopic (exact) mass is 619 g/mol. The molecule has 1 aromatic heterocycles. The topological polar surface area (TPSA) is 79.2 Å². The van der Waals surface area contributed by atoms with Crippen LogP contribution < -0.4 is 10.2 Å². The normalized spacial score (nSPS) is 15.8. The van der Waals surface area contributed by atoms with Gasteiger partial charge in [-0.2, -0.15) is 31.1 Å². The highest BCUT2D eigenvalue weighted by Crippen LogP contribution is 2.38. The maximum Gasteiger partial charge on any atom is 0.416 e. The number of carbonyl (C=O) groups excluding carboxylic acids is 1. The summed E-state index contributed by atoms with van der Waals surface area (Å²) in [6.45, 7) is 2.68. The van der Waals surface area contributed by atoms with E-state index in [1.165, 1.54) is 30.1 Å².